The first-order valence-electron chi connectivity index (χ1n) is 10.9. The van der Waals surface area contributed by atoms with Gasteiger partial charge in [-0.15, -0.1) is 0 Å². The van der Waals surface area contributed by atoms with E-state index in [-0.39, 0.29) is 17.4 Å². The lowest BCUT2D eigenvalue weighted by Gasteiger charge is -2.35. The molecule has 0 N–H and O–H groups in total. The predicted octanol–water partition coefficient (Wildman–Crippen LogP) is 1.82. The molecule has 2 aromatic rings. The minimum Gasteiger partial charge on any atom is -0.468 e. The highest BCUT2D eigenvalue weighted by atomic mass is 32.2. The number of sulfone groups is 1. The third kappa shape index (κ3) is 6.29. The Morgan fingerprint density at radius 1 is 1.21 bits per heavy atom. The maximum absolute atomic E-state index is 12.6. The number of likely N-dealkylation sites (tertiary alicyclic amines) is 1. The van der Waals surface area contributed by atoms with E-state index in [1.807, 2.05) is 32.0 Å². The second kappa shape index (κ2) is 10.6. The lowest BCUT2D eigenvalue weighted by molar-refractivity contribution is -0.141. The van der Waals surface area contributed by atoms with Crippen LogP contribution >= 0.6 is 11.3 Å². The van der Waals surface area contributed by atoms with Gasteiger partial charge in [0.25, 0.3) is 5.91 Å². The van der Waals surface area contributed by atoms with Crippen LogP contribution in [0.1, 0.15) is 38.2 Å². The molecule has 9 nitrogen and oxygen atoms in total. The summed E-state index contributed by atoms with van der Waals surface area (Å²) in [5, 5.41) is 0. The van der Waals surface area contributed by atoms with Gasteiger partial charge in [-0.1, -0.05) is 24.3 Å². The van der Waals surface area contributed by atoms with E-state index < -0.39 is 39.1 Å². The van der Waals surface area contributed by atoms with Crippen LogP contribution in [0, 0.1) is 6.92 Å². The number of carbonyl (C=O) groups is 3. The Kier molecular flexibility index (Phi) is 8.06. The lowest BCUT2D eigenvalue weighted by Crippen LogP contribution is -2.46. The van der Waals surface area contributed by atoms with Crippen molar-refractivity contribution in [1.82, 2.24) is 9.47 Å². The van der Waals surface area contributed by atoms with E-state index in [1.54, 1.807) is 4.90 Å². The molecule has 1 aliphatic rings. The van der Waals surface area contributed by atoms with Gasteiger partial charge in [0.15, 0.2) is 14.6 Å². The zero-order chi connectivity index (χ0) is 24.2. The SMILES string of the molecule is CCC1CCCCN1C(=O)CS(=O)(=O)CC(=O)N=c1sc2cc(C)ccc2n1CC(=O)OC. The second-order valence-corrected chi connectivity index (χ2v) is 11.3. The molecule has 3 rings (SSSR count). The van der Waals surface area contributed by atoms with E-state index in [4.69, 9.17) is 4.74 Å². The summed E-state index contributed by atoms with van der Waals surface area (Å²) in [5.74, 6) is -3.44. The number of ether oxygens (including phenoxy) is 1. The molecule has 1 aromatic heterocycles. The maximum Gasteiger partial charge on any atom is 0.325 e. The molecule has 1 atom stereocenters. The number of piperidine rings is 1. The number of benzene rings is 1. The Morgan fingerprint density at radius 3 is 2.67 bits per heavy atom. The van der Waals surface area contributed by atoms with Crippen LogP contribution in [-0.2, 0) is 35.5 Å². The van der Waals surface area contributed by atoms with Crippen molar-refractivity contribution in [3.8, 4) is 0 Å². The molecule has 1 fully saturated rings. The third-order valence-electron chi connectivity index (χ3n) is 5.68. The van der Waals surface area contributed by atoms with E-state index in [0.717, 1.165) is 35.9 Å². The standard InChI is InChI=1S/C22H29N3O6S2/c1-4-16-7-5-6-10-24(16)20(27)14-33(29,30)13-19(26)23-22-25(12-21(28)31-3)17-9-8-15(2)11-18(17)32-22/h8-9,11,16H,4-7,10,12-14H2,1-3H3. The number of aromatic nitrogens is 1. The van der Waals surface area contributed by atoms with Crippen LogP contribution < -0.4 is 4.80 Å². The Bertz CT molecular complexity index is 1230. The van der Waals surface area contributed by atoms with Crippen LogP contribution in [-0.4, -0.2) is 66.9 Å². The molecule has 0 saturated carbocycles. The number of methoxy groups -OCH3 is 1. The molecule has 1 aromatic carbocycles. The average Bonchev–Trinajstić information content (AvgIpc) is 3.08. The topological polar surface area (TPSA) is 115 Å². The summed E-state index contributed by atoms with van der Waals surface area (Å²) in [7, 11) is -2.73. The first-order chi connectivity index (χ1) is 15.6. The van der Waals surface area contributed by atoms with Crippen LogP contribution in [0.25, 0.3) is 10.2 Å². The average molecular weight is 496 g/mol. The van der Waals surface area contributed by atoms with Gasteiger partial charge in [-0.05, 0) is 50.3 Å². The molecule has 11 heteroatoms. The summed E-state index contributed by atoms with van der Waals surface area (Å²) in [5.41, 5.74) is 1.69. The Morgan fingerprint density at radius 2 is 1.97 bits per heavy atom. The van der Waals surface area contributed by atoms with Gasteiger partial charge in [-0.25, -0.2) is 8.42 Å². The zero-order valence-electron chi connectivity index (χ0n) is 19.1. The Labute approximate surface area is 197 Å². The number of hydrogen-bond donors (Lipinski definition) is 0. The number of aryl methyl sites for hydroxylation is 1. The zero-order valence-corrected chi connectivity index (χ0v) is 20.7. The molecule has 2 heterocycles. The fourth-order valence-electron chi connectivity index (χ4n) is 4.01. The van der Waals surface area contributed by atoms with Crippen LogP contribution in [0.2, 0.25) is 0 Å². The fourth-order valence-corrected chi connectivity index (χ4v) is 6.24. The molecule has 0 spiro atoms. The number of fused-ring (bicyclic) bond motifs is 1. The van der Waals surface area contributed by atoms with Crippen molar-refractivity contribution in [2.24, 2.45) is 4.99 Å². The summed E-state index contributed by atoms with van der Waals surface area (Å²) in [6, 6.07) is 5.62. The lowest BCUT2D eigenvalue weighted by atomic mass is 10.0. The highest BCUT2D eigenvalue weighted by Crippen LogP contribution is 2.21. The molecule has 1 aliphatic heterocycles. The van der Waals surface area contributed by atoms with Crippen LogP contribution in [0.15, 0.2) is 23.2 Å². The molecule has 180 valence electrons. The van der Waals surface area contributed by atoms with Gasteiger partial charge in [0.05, 0.1) is 17.3 Å². The van der Waals surface area contributed by atoms with Gasteiger partial charge in [0.1, 0.15) is 18.1 Å². The van der Waals surface area contributed by atoms with Crippen LogP contribution in [0.4, 0.5) is 0 Å². The first-order valence-corrected chi connectivity index (χ1v) is 13.5. The third-order valence-corrected chi connectivity index (χ3v) is 8.09. The largest absolute Gasteiger partial charge is 0.468 e. The quantitative estimate of drug-likeness (QED) is 0.541. The fraction of sp³-hybridized carbons (Fsp3) is 0.545. The Hall–Kier alpha value is -2.53. The van der Waals surface area contributed by atoms with Crippen LogP contribution in [0.3, 0.4) is 0 Å². The first kappa shape index (κ1) is 25.1. The van der Waals surface area contributed by atoms with E-state index in [9.17, 15) is 22.8 Å². The molecule has 33 heavy (non-hydrogen) atoms. The smallest absolute Gasteiger partial charge is 0.325 e. The number of amides is 2. The van der Waals surface area contributed by atoms with Gasteiger partial charge in [-0.2, -0.15) is 4.99 Å². The van der Waals surface area contributed by atoms with E-state index >= 15 is 0 Å². The molecule has 0 aliphatic carbocycles. The van der Waals surface area contributed by atoms with Gasteiger partial charge in [0, 0.05) is 12.6 Å². The van der Waals surface area contributed by atoms with Crippen molar-refractivity contribution in [2.45, 2.75) is 52.1 Å². The monoisotopic (exact) mass is 495 g/mol. The van der Waals surface area contributed by atoms with Gasteiger partial charge < -0.3 is 14.2 Å². The molecular weight excluding hydrogens is 466 g/mol. The minimum atomic E-state index is -3.99. The van der Waals surface area contributed by atoms with Crippen molar-refractivity contribution in [1.29, 1.82) is 0 Å². The molecular formula is C22H29N3O6S2. The second-order valence-electron chi connectivity index (χ2n) is 8.20. The van der Waals surface area contributed by atoms with Gasteiger partial charge >= 0.3 is 5.97 Å². The predicted molar refractivity (Wildman–Crippen MR) is 125 cm³/mol. The van der Waals surface area contributed by atoms with E-state index in [0.29, 0.717) is 12.1 Å². The van der Waals surface area contributed by atoms with Gasteiger partial charge in [0.2, 0.25) is 5.91 Å². The molecule has 2 amide bonds. The Balaban J connectivity index is 1.82. The molecule has 0 bridgehead atoms. The van der Waals surface area contributed by atoms with Crippen molar-refractivity contribution in [3.05, 3.63) is 28.6 Å². The highest BCUT2D eigenvalue weighted by molar-refractivity contribution is 7.92. The molecule has 1 unspecified atom stereocenters. The summed E-state index contributed by atoms with van der Waals surface area (Å²) in [4.78, 5) is 42.9. The number of thiazole rings is 1. The maximum atomic E-state index is 12.6. The summed E-state index contributed by atoms with van der Waals surface area (Å²) >= 11 is 1.18. The minimum absolute atomic E-state index is 0.0427. The number of nitrogens with zero attached hydrogens (tertiary/aromatic N) is 3. The highest BCUT2D eigenvalue weighted by Gasteiger charge is 2.29. The van der Waals surface area contributed by atoms with E-state index in [1.165, 1.54) is 23.0 Å². The van der Waals surface area contributed by atoms with Crippen molar-refractivity contribution >= 4 is 49.2 Å². The summed E-state index contributed by atoms with van der Waals surface area (Å²) in [6.45, 7) is 4.27. The van der Waals surface area contributed by atoms with E-state index in [2.05, 4.69) is 4.99 Å². The van der Waals surface area contributed by atoms with Crippen LogP contribution in [0.5, 0.6) is 0 Å². The van der Waals surface area contributed by atoms with Crippen molar-refractivity contribution in [2.75, 3.05) is 25.2 Å². The molecule has 0 radical (unpaired) electrons. The molecule has 1 saturated heterocycles. The normalized spacial score (nSPS) is 17.4. The number of esters is 1. The number of carbonyl (C=O) groups excluding carboxylic acids is 3. The summed E-state index contributed by atoms with van der Waals surface area (Å²) < 4.78 is 32.3. The van der Waals surface area contributed by atoms with Crippen molar-refractivity contribution < 1.29 is 27.5 Å². The van der Waals surface area contributed by atoms with Crippen molar-refractivity contribution in [3.63, 3.8) is 0 Å². The van der Waals surface area contributed by atoms with Gasteiger partial charge in [-0.3, -0.25) is 14.4 Å². The number of rotatable bonds is 7. The summed E-state index contributed by atoms with van der Waals surface area (Å²) in [6.07, 6.45) is 3.50. The number of hydrogen-bond acceptors (Lipinski definition) is 7.